The van der Waals surface area contributed by atoms with E-state index < -0.39 is 0 Å². The molecule has 0 saturated carbocycles. The molecule has 1 aliphatic rings. The van der Waals surface area contributed by atoms with Crippen molar-refractivity contribution in [3.8, 4) is 5.75 Å². The van der Waals surface area contributed by atoms with E-state index in [0.29, 0.717) is 18.6 Å². The Kier molecular flexibility index (Phi) is 5.67. The van der Waals surface area contributed by atoms with Crippen LogP contribution in [0.2, 0.25) is 0 Å². The van der Waals surface area contributed by atoms with Crippen LogP contribution in [-0.4, -0.2) is 19.1 Å². The van der Waals surface area contributed by atoms with Gasteiger partial charge in [-0.3, -0.25) is 0 Å². The van der Waals surface area contributed by atoms with Crippen molar-refractivity contribution in [3.05, 3.63) is 65.7 Å². The van der Waals surface area contributed by atoms with Crippen molar-refractivity contribution >= 4 is 0 Å². The third-order valence-corrected chi connectivity index (χ3v) is 4.50. The molecule has 2 unspecified atom stereocenters. The van der Waals surface area contributed by atoms with Crippen molar-refractivity contribution in [1.82, 2.24) is 10.6 Å². The van der Waals surface area contributed by atoms with E-state index in [1.54, 1.807) is 0 Å². The molecule has 0 aliphatic carbocycles. The van der Waals surface area contributed by atoms with Gasteiger partial charge in [0.05, 0.1) is 0 Å². The monoisotopic (exact) mass is 310 g/mol. The summed E-state index contributed by atoms with van der Waals surface area (Å²) in [5.41, 5.74) is 2.47. The van der Waals surface area contributed by atoms with E-state index >= 15 is 0 Å². The number of rotatable bonds is 6. The fourth-order valence-corrected chi connectivity index (χ4v) is 3.05. The van der Waals surface area contributed by atoms with Gasteiger partial charge >= 0.3 is 0 Å². The van der Waals surface area contributed by atoms with Crippen molar-refractivity contribution in [1.29, 1.82) is 0 Å². The van der Waals surface area contributed by atoms with Crippen LogP contribution in [0, 0.1) is 5.92 Å². The first kappa shape index (κ1) is 16.0. The first-order valence-electron chi connectivity index (χ1n) is 8.51. The first-order valence-corrected chi connectivity index (χ1v) is 8.51. The summed E-state index contributed by atoms with van der Waals surface area (Å²) in [5.74, 6) is 1.62. The average Bonchev–Trinajstić information content (AvgIpc) is 2.61. The molecule has 0 aromatic heterocycles. The molecule has 1 saturated heterocycles. The first-order chi connectivity index (χ1) is 11.3. The highest BCUT2D eigenvalue weighted by Crippen LogP contribution is 2.16. The summed E-state index contributed by atoms with van der Waals surface area (Å²) >= 11 is 0. The molecule has 2 N–H and O–H groups in total. The smallest absolute Gasteiger partial charge is 0.120 e. The molecule has 1 fully saturated rings. The van der Waals surface area contributed by atoms with Gasteiger partial charge in [0.1, 0.15) is 12.4 Å². The Bertz CT molecular complexity index is 600. The molecule has 2 aromatic carbocycles. The third kappa shape index (κ3) is 4.81. The molecule has 1 aliphatic heterocycles. The van der Waals surface area contributed by atoms with Gasteiger partial charge < -0.3 is 15.4 Å². The van der Waals surface area contributed by atoms with Crippen molar-refractivity contribution in [3.63, 3.8) is 0 Å². The molecule has 0 spiro atoms. The molecule has 0 bridgehead atoms. The Morgan fingerprint density at radius 3 is 2.74 bits per heavy atom. The third-order valence-electron chi connectivity index (χ3n) is 4.50. The summed E-state index contributed by atoms with van der Waals surface area (Å²) in [4.78, 5) is 0. The number of hydrogen-bond acceptors (Lipinski definition) is 3. The number of piperidine rings is 1. The van der Waals surface area contributed by atoms with E-state index in [1.165, 1.54) is 17.5 Å². The Morgan fingerprint density at radius 2 is 1.91 bits per heavy atom. The van der Waals surface area contributed by atoms with Crippen molar-refractivity contribution in [2.45, 2.75) is 32.5 Å². The quantitative estimate of drug-likeness (QED) is 0.858. The molecule has 2 aromatic rings. The summed E-state index contributed by atoms with van der Waals surface area (Å²) in [6.07, 6.45) is 1.20. The van der Waals surface area contributed by atoms with Gasteiger partial charge in [-0.2, -0.15) is 0 Å². The fraction of sp³-hybridized carbons (Fsp3) is 0.400. The predicted molar refractivity (Wildman–Crippen MR) is 94.5 cm³/mol. The number of hydrogen-bond donors (Lipinski definition) is 2. The molecule has 2 atom stereocenters. The van der Waals surface area contributed by atoms with Gasteiger partial charge in [0.25, 0.3) is 0 Å². The van der Waals surface area contributed by atoms with Crippen LogP contribution in [0.1, 0.15) is 24.5 Å². The normalized spacial score (nSPS) is 21.1. The zero-order valence-electron chi connectivity index (χ0n) is 13.8. The van der Waals surface area contributed by atoms with Gasteiger partial charge in [0.15, 0.2) is 0 Å². The maximum Gasteiger partial charge on any atom is 0.120 e. The molecular weight excluding hydrogens is 284 g/mol. The van der Waals surface area contributed by atoms with Crippen LogP contribution in [0.4, 0.5) is 0 Å². The average molecular weight is 310 g/mol. The summed E-state index contributed by atoms with van der Waals surface area (Å²) in [5, 5.41) is 7.14. The van der Waals surface area contributed by atoms with Crippen molar-refractivity contribution < 1.29 is 4.74 Å². The van der Waals surface area contributed by atoms with Crippen LogP contribution in [0.25, 0.3) is 0 Å². The van der Waals surface area contributed by atoms with E-state index in [0.717, 1.165) is 25.4 Å². The lowest BCUT2D eigenvalue weighted by Crippen LogP contribution is -2.45. The minimum atomic E-state index is 0.602. The summed E-state index contributed by atoms with van der Waals surface area (Å²) in [7, 11) is 0. The molecular formula is C20H26N2O. The highest BCUT2D eigenvalue weighted by molar-refractivity contribution is 5.29. The molecule has 122 valence electrons. The van der Waals surface area contributed by atoms with Gasteiger partial charge in [-0.25, -0.2) is 0 Å². The topological polar surface area (TPSA) is 33.3 Å². The van der Waals surface area contributed by atoms with Gasteiger partial charge in [-0.05, 0) is 48.7 Å². The Hall–Kier alpha value is -1.84. The number of nitrogens with one attached hydrogen (secondary N) is 2. The lowest BCUT2D eigenvalue weighted by Gasteiger charge is -2.30. The maximum absolute atomic E-state index is 5.91. The van der Waals surface area contributed by atoms with Crippen LogP contribution in [-0.2, 0) is 13.2 Å². The van der Waals surface area contributed by atoms with Gasteiger partial charge in [-0.15, -0.1) is 0 Å². The summed E-state index contributed by atoms with van der Waals surface area (Å²) in [6.45, 7) is 6.05. The van der Waals surface area contributed by atoms with E-state index in [4.69, 9.17) is 4.74 Å². The van der Waals surface area contributed by atoms with E-state index in [2.05, 4.69) is 47.9 Å². The van der Waals surface area contributed by atoms with Crippen LogP contribution < -0.4 is 15.4 Å². The number of ether oxygens (including phenoxy) is 1. The van der Waals surface area contributed by atoms with Crippen LogP contribution in [0.3, 0.4) is 0 Å². The number of benzene rings is 2. The fourth-order valence-electron chi connectivity index (χ4n) is 3.05. The van der Waals surface area contributed by atoms with Crippen LogP contribution >= 0.6 is 0 Å². The van der Waals surface area contributed by atoms with E-state index in [1.807, 2.05) is 24.3 Å². The van der Waals surface area contributed by atoms with Crippen molar-refractivity contribution in [2.75, 3.05) is 13.1 Å². The maximum atomic E-state index is 5.91. The van der Waals surface area contributed by atoms with Crippen LogP contribution in [0.15, 0.2) is 54.6 Å². The molecule has 0 radical (unpaired) electrons. The SMILES string of the molecule is CC1CNCCC1NCc1cccc(OCc2ccccc2)c1. The second-order valence-electron chi connectivity index (χ2n) is 6.38. The molecule has 23 heavy (non-hydrogen) atoms. The standard InChI is InChI=1S/C20H26N2O/c1-16-13-21-11-10-20(16)22-14-18-8-5-9-19(12-18)23-15-17-6-3-2-4-7-17/h2-9,12,16,20-22H,10-11,13-15H2,1H3. The second kappa shape index (κ2) is 8.14. The highest BCUT2D eigenvalue weighted by Gasteiger charge is 2.19. The molecule has 3 nitrogen and oxygen atoms in total. The largest absolute Gasteiger partial charge is 0.489 e. The Morgan fingerprint density at radius 1 is 1.09 bits per heavy atom. The lowest BCUT2D eigenvalue weighted by molar-refractivity contribution is 0.294. The molecule has 0 amide bonds. The van der Waals surface area contributed by atoms with E-state index in [9.17, 15) is 0 Å². The van der Waals surface area contributed by atoms with Crippen LogP contribution in [0.5, 0.6) is 5.75 Å². The summed E-state index contributed by atoms with van der Waals surface area (Å²) < 4.78 is 5.91. The molecule has 1 heterocycles. The summed E-state index contributed by atoms with van der Waals surface area (Å²) in [6, 6.07) is 19.3. The van der Waals surface area contributed by atoms with Crippen molar-refractivity contribution in [2.24, 2.45) is 5.92 Å². The Labute approximate surface area is 139 Å². The van der Waals surface area contributed by atoms with Gasteiger partial charge in [0.2, 0.25) is 0 Å². The zero-order valence-corrected chi connectivity index (χ0v) is 13.8. The van der Waals surface area contributed by atoms with Gasteiger partial charge in [-0.1, -0.05) is 49.4 Å². The minimum Gasteiger partial charge on any atom is -0.489 e. The highest BCUT2D eigenvalue weighted by atomic mass is 16.5. The zero-order chi connectivity index (χ0) is 15.9. The van der Waals surface area contributed by atoms with E-state index in [-0.39, 0.29) is 0 Å². The predicted octanol–water partition coefficient (Wildman–Crippen LogP) is 3.35. The van der Waals surface area contributed by atoms with Gasteiger partial charge in [0, 0.05) is 12.6 Å². The minimum absolute atomic E-state index is 0.602. The second-order valence-corrected chi connectivity index (χ2v) is 6.38. The Balaban J connectivity index is 1.52. The molecule has 3 rings (SSSR count). The lowest BCUT2D eigenvalue weighted by atomic mass is 9.95. The molecule has 3 heteroatoms.